The van der Waals surface area contributed by atoms with E-state index in [1.54, 1.807) is 0 Å². The molecule has 0 aliphatic carbocycles. The Bertz CT molecular complexity index is 595. The Hall–Kier alpha value is -3.10. The van der Waals surface area contributed by atoms with Crippen molar-refractivity contribution >= 4 is 35.1 Å². The molecule has 123 valence electrons. The molecular weight excluding hydrogens is 300 g/mol. The van der Waals surface area contributed by atoms with Crippen LogP contribution in [0.1, 0.15) is 17.3 Å². The van der Waals surface area contributed by atoms with E-state index in [0.29, 0.717) is 11.4 Å². The SMILES string of the molecule is [CH2]CNC(=O)CNC(=O)c1cc(NC(=N)N)cc(NC(C)=O)c1. The van der Waals surface area contributed by atoms with Crippen LogP contribution in [-0.4, -0.2) is 36.8 Å². The first-order valence-electron chi connectivity index (χ1n) is 6.69. The maximum absolute atomic E-state index is 12.1. The van der Waals surface area contributed by atoms with Crippen molar-refractivity contribution in [3.05, 3.63) is 30.7 Å². The van der Waals surface area contributed by atoms with Gasteiger partial charge in [-0.15, -0.1) is 0 Å². The molecule has 9 nitrogen and oxygen atoms in total. The lowest BCUT2D eigenvalue weighted by molar-refractivity contribution is -0.120. The fourth-order valence-electron chi connectivity index (χ4n) is 1.73. The van der Waals surface area contributed by atoms with Gasteiger partial charge in [-0.2, -0.15) is 0 Å². The van der Waals surface area contributed by atoms with Crippen molar-refractivity contribution in [2.24, 2.45) is 5.73 Å². The molecule has 0 saturated heterocycles. The summed E-state index contributed by atoms with van der Waals surface area (Å²) in [5, 5.41) is 17.2. The van der Waals surface area contributed by atoms with Crippen molar-refractivity contribution in [2.45, 2.75) is 6.92 Å². The largest absolute Gasteiger partial charge is 0.370 e. The van der Waals surface area contributed by atoms with Crippen LogP contribution in [0, 0.1) is 12.3 Å². The van der Waals surface area contributed by atoms with E-state index < -0.39 is 5.91 Å². The van der Waals surface area contributed by atoms with E-state index in [9.17, 15) is 14.4 Å². The molecular formula is C14H19N6O3. The Morgan fingerprint density at radius 3 is 2.26 bits per heavy atom. The first-order valence-corrected chi connectivity index (χ1v) is 6.69. The Morgan fingerprint density at radius 2 is 1.74 bits per heavy atom. The molecule has 0 fully saturated rings. The van der Waals surface area contributed by atoms with Gasteiger partial charge in [-0.05, 0) is 25.1 Å². The normalized spacial score (nSPS) is 9.65. The topological polar surface area (TPSA) is 149 Å². The number of benzene rings is 1. The number of hydrogen-bond donors (Lipinski definition) is 6. The second-order valence-corrected chi connectivity index (χ2v) is 4.55. The third kappa shape index (κ3) is 6.46. The molecule has 7 N–H and O–H groups in total. The predicted molar refractivity (Wildman–Crippen MR) is 87.0 cm³/mol. The number of carbonyl (C=O) groups is 3. The van der Waals surface area contributed by atoms with Crippen LogP contribution in [0.25, 0.3) is 0 Å². The highest BCUT2D eigenvalue weighted by molar-refractivity contribution is 6.01. The number of carbonyl (C=O) groups excluding carboxylic acids is 3. The minimum Gasteiger partial charge on any atom is -0.370 e. The van der Waals surface area contributed by atoms with Gasteiger partial charge in [-0.1, -0.05) is 0 Å². The van der Waals surface area contributed by atoms with Gasteiger partial charge >= 0.3 is 0 Å². The molecule has 1 rings (SSSR count). The van der Waals surface area contributed by atoms with Gasteiger partial charge in [0, 0.05) is 30.4 Å². The van der Waals surface area contributed by atoms with Crippen LogP contribution in [0.2, 0.25) is 0 Å². The van der Waals surface area contributed by atoms with E-state index in [-0.39, 0.29) is 36.4 Å². The van der Waals surface area contributed by atoms with Crippen molar-refractivity contribution in [2.75, 3.05) is 23.7 Å². The third-order valence-corrected chi connectivity index (χ3v) is 2.53. The highest BCUT2D eigenvalue weighted by Gasteiger charge is 2.11. The molecule has 0 saturated carbocycles. The van der Waals surface area contributed by atoms with Crippen LogP contribution in [0.3, 0.4) is 0 Å². The van der Waals surface area contributed by atoms with Crippen LogP contribution < -0.4 is 27.0 Å². The van der Waals surface area contributed by atoms with Crippen molar-refractivity contribution in [1.29, 1.82) is 5.41 Å². The predicted octanol–water partition coefficient (Wildman–Crippen LogP) is -0.370. The Morgan fingerprint density at radius 1 is 1.13 bits per heavy atom. The van der Waals surface area contributed by atoms with Gasteiger partial charge in [-0.3, -0.25) is 19.8 Å². The minimum atomic E-state index is -0.511. The Kier molecular flexibility index (Phi) is 6.53. The summed E-state index contributed by atoms with van der Waals surface area (Å²) in [7, 11) is 0. The van der Waals surface area contributed by atoms with E-state index >= 15 is 0 Å². The highest BCUT2D eigenvalue weighted by atomic mass is 16.2. The van der Waals surface area contributed by atoms with Gasteiger partial charge in [0.15, 0.2) is 5.96 Å². The zero-order chi connectivity index (χ0) is 17.4. The molecule has 23 heavy (non-hydrogen) atoms. The number of nitrogens with one attached hydrogen (secondary N) is 5. The van der Waals surface area contributed by atoms with Gasteiger partial charge in [0.05, 0.1) is 6.54 Å². The van der Waals surface area contributed by atoms with Crippen LogP contribution >= 0.6 is 0 Å². The van der Waals surface area contributed by atoms with Crippen LogP contribution in [-0.2, 0) is 9.59 Å². The third-order valence-electron chi connectivity index (χ3n) is 2.53. The maximum Gasteiger partial charge on any atom is 0.251 e. The van der Waals surface area contributed by atoms with Crippen LogP contribution in [0.5, 0.6) is 0 Å². The lowest BCUT2D eigenvalue weighted by Gasteiger charge is -2.11. The quantitative estimate of drug-likeness (QED) is 0.312. The van der Waals surface area contributed by atoms with Gasteiger partial charge in [0.1, 0.15) is 0 Å². The first kappa shape index (κ1) is 18.0. The van der Waals surface area contributed by atoms with Crippen LogP contribution in [0.15, 0.2) is 18.2 Å². The van der Waals surface area contributed by atoms with E-state index in [1.807, 2.05) is 0 Å². The number of amides is 3. The lowest BCUT2D eigenvalue weighted by atomic mass is 10.1. The van der Waals surface area contributed by atoms with Gasteiger partial charge < -0.3 is 27.0 Å². The average molecular weight is 319 g/mol. The van der Waals surface area contributed by atoms with Gasteiger partial charge in [-0.25, -0.2) is 0 Å². The number of rotatable bonds is 6. The smallest absolute Gasteiger partial charge is 0.251 e. The first-order chi connectivity index (χ1) is 10.8. The fraction of sp³-hybridized carbons (Fsp3) is 0.214. The second kappa shape index (κ2) is 8.37. The summed E-state index contributed by atoms with van der Waals surface area (Å²) in [6, 6.07) is 4.41. The van der Waals surface area contributed by atoms with E-state index in [1.165, 1.54) is 25.1 Å². The molecule has 0 atom stereocenters. The molecule has 0 bridgehead atoms. The van der Waals surface area contributed by atoms with Crippen molar-refractivity contribution < 1.29 is 14.4 Å². The zero-order valence-corrected chi connectivity index (χ0v) is 12.7. The van der Waals surface area contributed by atoms with E-state index in [2.05, 4.69) is 28.2 Å². The molecule has 0 unspecified atom stereocenters. The molecule has 0 heterocycles. The Labute approximate surface area is 133 Å². The standard InChI is InChI=1S/C14H19N6O3/c1-3-17-12(22)7-18-13(23)9-4-10(19-8(2)21)6-11(5-9)20-14(15)16/h4-6H,1,3,7H2,2H3,(H,17,22)(H,18,23)(H,19,21)(H4,15,16,20). The Balaban J connectivity index is 2.93. The average Bonchev–Trinajstić information content (AvgIpc) is 2.43. The van der Waals surface area contributed by atoms with Crippen LogP contribution in [0.4, 0.5) is 11.4 Å². The molecule has 3 amide bonds. The summed E-state index contributed by atoms with van der Waals surface area (Å²) in [4.78, 5) is 34.6. The van der Waals surface area contributed by atoms with Gasteiger partial charge in [0.25, 0.3) is 5.91 Å². The van der Waals surface area contributed by atoms with E-state index in [4.69, 9.17) is 11.1 Å². The number of nitrogens with two attached hydrogens (primary N) is 1. The zero-order valence-electron chi connectivity index (χ0n) is 12.7. The summed E-state index contributed by atoms with van der Waals surface area (Å²) in [6.07, 6.45) is 0. The molecule has 0 aromatic heterocycles. The minimum absolute atomic E-state index is 0.197. The number of hydrogen-bond acceptors (Lipinski definition) is 4. The summed E-state index contributed by atoms with van der Waals surface area (Å²) in [6.45, 7) is 4.81. The fourth-order valence-corrected chi connectivity index (χ4v) is 1.73. The summed E-state index contributed by atoms with van der Waals surface area (Å²) in [5.41, 5.74) is 6.17. The second-order valence-electron chi connectivity index (χ2n) is 4.55. The molecule has 1 aromatic rings. The summed E-state index contributed by atoms with van der Waals surface area (Å²) < 4.78 is 0. The van der Waals surface area contributed by atoms with Crippen molar-refractivity contribution in [3.8, 4) is 0 Å². The van der Waals surface area contributed by atoms with Crippen molar-refractivity contribution in [3.63, 3.8) is 0 Å². The molecule has 1 aromatic carbocycles. The molecule has 0 spiro atoms. The summed E-state index contributed by atoms with van der Waals surface area (Å²) >= 11 is 0. The monoisotopic (exact) mass is 319 g/mol. The number of anilines is 2. The number of guanidine groups is 1. The highest BCUT2D eigenvalue weighted by Crippen LogP contribution is 2.19. The summed E-state index contributed by atoms with van der Waals surface area (Å²) in [5.74, 6) is -1.51. The molecule has 1 radical (unpaired) electrons. The maximum atomic E-state index is 12.1. The molecule has 0 aliphatic heterocycles. The molecule has 9 heteroatoms. The van der Waals surface area contributed by atoms with Gasteiger partial charge in [0.2, 0.25) is 11.8 Å². The molecule has 0 aliphatic rings. The lowest BCUT2D eigenvalue weighted by Crippen LogP contribution is -2.36. The van der Waals surface area contributed by atoms with E-state index in [0.717, 1.165) is 0 Å². The van der Waals surface area contributed by atoms with Crippen molar-refractivity contribution in [1.82, 2.24) is 10.6 Å².